The summed E-state index contributed by atoms with van der Waals surface area (Å²) in [6.45, 7) is 2.51. The van der Waals surface area contributed by atoms with Crippen LogP contribution in [0.25, 0.3) is 0 Å². The van der Waals surface area contributed by atoms with E-state index in [2.05, 4.69) is 4.98 Å². The molecule has 3 heterocycles. The number of piperidine rings is 1. The second kappa shape index (κ2) is 8.14. The molecule has 2 aliphatic heterocycles. The molecule has 30 heavy (non-hydrogen) atoms. The van der Waals surface area contributed by atoms with E-state index in [1.807, 2.05) is 9.80 Å². The van der Waals surface area contributed by atoms with E-state index in [0.717, 1.165) is 44.3 Å². The van der Waals surface area contributed by atoms with E-state index in [1.165, 1.54) is 13.2 Å². The third-order valence-corrected chi connectivity index (χ3v) is 6.55. The fourth-order valence-corrected chi connectivity index (χ4v) is 4.70. The number of benzene rings is 1. The molecule has 0 radical (unpaired) electrons. The van der Waals surface area contributed by atoms with Crippen LogP contribution in [-0.4, -0.2) is 63.8 Å². The van der Waals surface area contributed by atoms with Gasteiger partial charge in [0.2, 0.25) is 0 Å². The lowest BCUT2D eigenvalue weighted by Gasteiger charge is -2.31. The molecule has 0 atom stereocenters. The van der Waals surface area contributed by atoms with Crippen LogP contribution in [0.5, 0.6) is 11.5 Å². The van der Waals surface area contributed by atoms with E-state index in [9.17, 15) is 13.2 Å². The van der Waals surface area contributed by atoms with Gasteiger partial charge in [0.05, 0.1) is 19.2 Å². The van der Waals surface area contributed by atoms with Crippen LogP contribution in [0, 0.1) is 0 Å². The Bertz CT molecular complexity index is 1060. The van der Waals surface area contributed by atoms with E-state index in [4.69, 9.17) is 9.47 Å². The lowest BCUT2D eigenvalue weighted by molar-refractivity contribution is 0.0723. The molecule has 2 aromatic rings. The van der Waals surface area contributed by atoms with Crippen molar-refractivity contribution in [3.05, 3.63) is 36.0 Å². The lowest BCUT2D eigenvalue weighted by Crippen LogP contribution is -2.36. The number of carbonyl (C=O) groups excluding carboxylic acids is 1. The van der Waals surface area contributed by atoms with E-state index in [0.29, 0.717) is 30.3 Å². The Balaban J connectivity index is 1.65. The lowest BCUT2D eigenvalue weighted by atomic mass is 10.1. The van der Waals surface area contributed by atoms with E-state index >= 15 is 0 Å². The summed E-state index contributed by atoms with van der Waals surface area (Å²) < 4.78 is 35.0. The van der Waals surface area contributed by atoms with Gasteiger partial charge in [-0.15, -0.1) is 0 Å². The third-order valence-electron chi connectivity index (χ3n) is 5.41. The zero-order valence-electron chi connectivity index (χ0n) is 17.1. The van der Waals surface area contributed by atoms with Crippen LogP contribution in [0.2, 0.25) is 0 Å². The topological polar surface area (TPSA) is 89.0 Å². The summed E-state index contributed by atoms with van der Waals surface area (Å²) in [5.41, 5.74) is 1.26. The van der Waals surface area contributed by atoms with Gasteiger partial charge >= 0.3 is 0 Å². The number of fused-ring (bicyclic) bond motifs is 1. The molecule has 0 saturated carbocycles. The number of carbonyl (C=O) groups is 1. The highest BCUT2D eigenvalue weighted by atomic mass is 32.2. The molecule has 0 spiro atoms. The average molecular weight is 432 g/mol. The van der Waals surface area contributed by atoms with Crippen molar-refractivity contribution in [2.45, 2.75) is 24.2 Å². The molecule has 160 valence electrons. The maximum absolute atomic E-state index is 12.8. The first-order valence-electron chi connectivity index (χ1n) is 9.96. The minimum atomic E-state index is -3.41. The van der Waals surface area contributed by atoms with Crippen LogP contribution in [0.3, 0.4) is 0 Å². The number of ether oxygens (including phenoxy) is 2. The number of sulfone groups is 1. The van der Waals surface area contributed by atoms with Crippen LogP contribution >= 0.6 is 0 Å². The molecule has 8 nitrogen and oxygen atoms in total. The number of rotatable bonds is 4. The van der Waals surface area contributed by atoms with Gasteiger partial charge in [0.25, 0.3) is 5.91 Å². The molecule has 2 aliphatic rings. The Labute approximate surface area is 176 Å². The molecule has 0 unspecified atom stereocenters. The number of likely N-dealkylation sites (tertiary alicyclic amines) is 1. The summed E-state index contributed by atoms with van der Waals surface area (Å²) in [4.78, 5) is 21.2. The van der Waals surface area contributed by atoms with Crippen LogP contribution in [0.4, 0.5) is 11.5 Å². The molecule has 1 aromatic carbocycles. The molecule has 1 saturated heterocycles. The Kier molecular flexibility index (Phi) is 5.55. The summed E-state index contributed by atoms with van der Waals surface area (Å²) >= 11 is 0. The van der Waals surface area contributed by atoms with E-state index < -0.39 is 9.84 Å². The first kappa shape index (κ1) is 20.5. The second-order valence-electron chi connectivity index (χ2n) is 7.51. The number of amides is 1. The molecular weight excluding hydrogens is 406 g/mol. The Morgan fingerprint density at radius 3 is 2.60 bits per heavy atom. The number of nitrogens with zero attached hydrogens (tertiary/aromatic N) is 3. The zero-order chi connectivity index (χ0) is 21.3. The van der Waals surface area contributed by atoms with Crippen molar-refractivity contribution >= 4 is 27.2 Å². The van der Waals surface area contributed by atoms with Gasteiger partial charge in [0, 0.05) is 37.3 Å². The Morgan fingerprint density at radius 2 is 1.90 bits per heavy atom. The molecule has 0 N–H and O–H groups in total. The van der Waals surface area contributed by atoms with Gasteiger partial charge in [0.15, 0.2) is 21.4 Å². The molecule has 0 aliphatic carbocycles. The molecule has 0 bridgehead atoms. The number of hydrogen-bond acceptors (Lipinski definition) is 7. The quantitative estimate of drug-likeness (QED) is 0.735. The number of aromatic nitrogens is 1. The summed E-state index contributed by atoms with van der Waals surface area (Å²) in [6, 6.07) is 6.68. The van der Waals surface area contributed by atoms with Gasteiger partial charge < -0.3 is 19.3 Å². The van der Waals surface area contributed by atoms with Gasteiger partial charge in [-0.25, -0.2) is 13.4 Å². The molecular formula is C21H25N3O5S. The van der Waals surface area contributed by atoms with Crippen molar-refractivity contribution in [3.63, 3.8) is 0 Å². The Hall–Kier alpha value is -2.81. The van der Waals surface area contributed by atoms with Crippen molar-refractivity contribution in [3.8, 4) is 11.5 Å². The molecule has 9 heteroatoms. The smallest absolute Gasteiger partial charge is 0.255 e. The number of anilines is 2. The monoisotopic (exact) mass is 431 g/mol. The minimum absolute atomic E-state index is 0.0232. The third kappa shape index (κ3) is 3.94. The first-order valence-corrected chi connectivity index (χ1v) is 11.9. The van der Waals surface area contributed by atoms with Gasteiger partial charge in [-0.2, -0.15) is 0 Å². The van der Waals surface area contributed by atoms with Crippen LogP contribution in [-0.2, 0) is 9.84 Å². The maximum Gasteiger partial charge on any atom is 0.255 e. The van der Waals surface area contributed by atoms with Gasteiger partial charge in [-0.3, -0.25) is 4.79 Å². The average Bonchev–Trinajstić information content (AvgIpc) is 2.77. The van der Waals surface area contributed by atoms with Crippen molar-refractivity contribution in [1.29, 1.82) is 0 Å². The first-order chi connectivity index (χ1) is 14.4. The Morgan fingerprint density at radius 1 is 1.13 bits per heavy atom. The van der Waals surface area contributed by atoms with E-state index in [-0.39, 0.29) is 16.6 Å². The van der Waals surface area contributed by atoms with Crippen molar-refractivity contribution in [2.75, 3.05) is 44.5 Å². The number of hydrogen-bond donors (Lipinski definition) is 0. The van der Waals surface area contributed by atoms with Gasteiger partial charge in [-0.05, 0) is 37.5 Å². The highest BCUT2D eigenvalue weighted by Crippen LogP contribution is 2.38. The van der Waals surface area contributed by atoms with Crippen molar-refractivity contribution in [2.24, 2.45) is 0 Å². The minimum Gasteiger partial charge on any atom is -0.495 e. The summed E-state index contributed by atoms with van der Waals surface area (Å²) in [5.74, 6) is 1.38. The summed E-state index contributed by atoms with van der Waals surface area (Å²) in [7, 11) is -1.96. The second-order valence-corrected chi connectivity index (χ2v) is 9.49. The highest BCUT2D eigenvalue weighted by Gasteiger charge is 2.26. The van der Waals surface area contributed by atoms with Crippen molar-refractivity contribution in [1.82, 2.24) is 9.88 Å². The standard InChI is InChI=1S/C21H25N3O5S/c1-28-17-13-16(6-7-19(17)30(2,26)27)24-10-11-29-18-12-15(14-22-20(18)24)21(25)23-8-4-3-5-9-23/h6-7,12-14H,3-5,8-11H2,1-2H3. The normalized spacial score (nSPS) is 16.6. The van der Waals surface area contributed by atoms with Gasteiger partial charge in [0.1, 0.15) is 17.3 Å². The van der Waals surface area contributed by atoms with Gasteiger partial charge in [-0.1, -0.05) is 0 Å². The molecule has 1 amide bonds. The summed E-state index contributed by atoms with van der Waals surface area (Å²) in [6.07, 6.45) is 5.95. The largest absolute Gasteiger partial charge is 0.495 e. The fourth-order valence-electron chi connectivity index (χ4n) is 3.88. The van der Waals surface area contributed by atoms with E-state index in [1.54, 1.807) is 24.4 Å². The zero-order valence-corrected chi connectivity index (χ0v) is 17.9. The van der Waals surface area contributed by atoms with Crippen LogP contribution < -0.4 is 14.4 Å². The molecule has 1 aromatic heterocycles. The fraction of sp³-hybridized carbons (Fsp3) is 0.429. The van der Waals surface area contributed by atoms with Crippen LogP contribution in [0.15, 0.2) is 35.4 Å². The number of methoxy groups -OCH3 is 1. The van der Waals surface area contributed by atoms with Crippen LogP contribution in [0.1, 0.15) is 29.6 Å². The highest BCUT2D eigenvalue weighted by molar-refractivity contribution is 7.90. The molecule has 4 rings (SSSR count). The predicted octanol–water partition coefficient (Wildman–Crippen LogP) is 2.65. The van der Waals surface area contributed by atoms with Crippen molar-refractivity contribution < 1.29 is 22.7 Å². The maximum atomic E-state index is 12.8. The summed E-state index contributed by atoms with van der Waals surface area (Å²) in [5, 5.41) is 0. The molecule has 1 fully saturated rings. The predicted molar refractivity (Wildman–Crippen MR) is 113 cm³/mol. The number of pyridine rings is 1. The SMILES string of the molecule is COc1cc(N2CCOc3cc(C(=O)N4CCCCC4)cnc32)ccc1S(C)(=O)=O.